The molecule has 5 nitrogen and oxygen atoms in total. The molecule has 0 spiro atoms. The number of hydrogen-bond donors (Lipinski definition) is 0. The molecule has 2 aliphatic rings. The van der Waals surface area contributed by atoms with Crippen molar-refractivity contribution in [1.82, 2.24) is 9.96 Å². The number of ether oxygens (including phenoxy) is 1. The van der Waals surface area contributed by atoms with Crippen molar-refractivity contribution in [2.75, 3.05) is 39.9 Å². The molecular formula is C20H30N2O3. The number of carbonyl (C=O) groups excluding carboxylic acids is 1. The third-order valence-corrected chi connectivity index (χ3v) is 5.25. The van der Waals surface area contributed by atoms with Crippen LogP contribution in [-0.2, 0) is 16.1 Å². The first-order valence-electron chi connectivity index (χ1n) is 9.53. The lowest BCUT2D eigenvalue weighted by atomic mass is 9.91. The Balaban J connectivity index is 1.43. The number of aryl methyl sites for hydroxylation is 1. The van der Waals surface area contributed by atoms with Gasteiger partial charge in [0.2, 0.25) is 5.91 Å². The topological polar surface area (TPSA) is 42.0 Å². The lowest BCUT2D eigenvalue weighted by molar-refractivity contribution is -0.140. The first kappa shape index (κ1) is 18.2. The van der Waals surface area contributed by atoms with Crippen LogP contribution in [0, 0.1) is 5.92 Å². The molecule has 2 saturated heterocycles. The summed E-state index contributed by atoms with van der Waals surface area (Å²) in [6.07, 6.45) is 6.17. The van der Waals surface area contributed by atoms with E-state index >= 15 is 0 Å². The van der Waals surface area contributed by atoms with E-state index in [-0.39, 0.29) is 5.91 Å². The Labute approximate surface area is 150 Å². The molecule has 0 bridgehead atoms. The van der Waals surface area contributed by atoms with E-state index in [9.17, 15) is 4.79 Å². The molecule has 0 unspecified atom stereocenters. The first-order valence-corrected chi connectivity index (χ1v) is 9.53. The van der Waals surface area contributed by atoms with E-state index in [1.165, 1.54) is 12.0 Å². The maximum absolute atomic E-state index is 12.5. The van der Waals surface area contributed by atoms with Crippen molar-refractivity contribution in [2.24, 2.45) is 5.92 Å². The smallest absolute Gasteiger partial charge is 0.223 e. The van der Waals surface area contributed by atoms with Crippen LogP contribution in [0.1, 0.15) is 37.7 Å². The number of carbonyl (C=O) groups is 1. The van der Waals surface area contributed by atoms with Gasteiger partial charge in [0.05, 0.1) is 13.7 Å². The van der Waals surface area contributed by atoms with Crippen LogP contribution >= 0.6 is 0 Å². The Bertz CT molecular complexity index is 558. The van der Waals surface area contributed by atoms with Crippen LogP contribution in [0.2, 0.25) is 0 Å². The predicted molar refractivity (Wildman–Crippen MR) is 97.4 cm³/mol. The summed E-state index contributed by atoms with van der Waals surface area (Å²) < 4.78 is 5.30. The van der Waals surface area contributed by atoms with Crippen LogP contribution in [0.15, 0.2) is 24.3 Å². The predicted octanol–water partition coefficient (Wildman–Crippen LogP) is 2.89. The lowest BCUT2D eigenvalue weighted by Gasteiger charge is -2.33. The van der Waals surface area contributed by atoms with Gasteiger partial charge in [-0.15, -0.1) is 0 Å². The van der Waals surface area contributed by atoms with E-state index in [2.05, 4.69) is 17.0 Å². The van der Waals surface area contributed by atoms with Crippen LogP contribution in [0.5, 0.6) is 5.75 Å². The first-order chi connectivity index (χ1) is 12.2. The highest BCUT2D eigenvalue weighted by Crippen LogP contribution is 2.23. The molecule has 25 heavy (non-hydrogen) atoms. The highest BCUT2D eigenvalue weighted by Gasteiger charge is 2.24. The van der Waals surface area contributed by atoms with Gasteiger partial charge in [-0.2, -0.15) is 5.06 Å². The van der Waals surface area contributed by atoms with Crippen molar-refractivity contribution in [3.63, 3.8) is 0 Å². The number of benzene rings is 1. The molecule has 138 valence electrons. The summed E-state index contributed by atoms with van der Waals surface area (Å²) in [6, 6.07) is 8.30. The molecule has 1 atom stereocenters. The number of methoxy groups -OCH3 is 1. The number of hydrogen-bond acceptors (Lipinski definition) is 4. The quantitative estimate of drug-likeness (QED) is 0.761. The summed E-state index contributed by atoms with van der Waals surface area (Å²) >= 11 is 0. The van der Waals surface area contributed by atoms with Gasteiger partial charge in [-0.1, -0.05) is 12.1 Å². The standard InChI is InChI=1S/C20H30N2O3/c1-24-19-7-2-5-17(15-19)8-9-18-6-3-11-21(16-18)20(23)10-13-22-12-4-14-25-22/h2,5,7,15,18H,3-4,6,8-14,16H2,1H3/t18-/m1/s1. The summed E-state index contributed by atoms with van der Waals surface area (Å²) in [6.45, 7) is 4.30. The maximum Gasteiger partial charge on any atom is 0.223 e. The second-order valence-corrected chi connectivity index (χ2v) is 7.10. The van der Waals surface area contributed by atoms with Crippen molar-refractivity contribution in [1.29, 1.82) is 0 Å². The van der Waals surface area contributed by atoms with E-state index in [1.54, 1.807) is 7.11 Å². The Kier molecular flexibility index (Phi) is 6.70. The molecule has 1 aromatic rings. The number of amides is 1. The van der Waals surface area contributed by atoms with Gasteiger partial charge in [-0.25, -0.2) is 0 Å². The fraction of sp³-hybridized carbons (Fsp3) is 0.650. The Morgan fingerprint density at radius 3 is 3.04 bits per heavy atom. The molecular weight excluding hydrogens is 316 g/mol. The average Bonchev–Trinajstić information content (AvgIpc) is 3.18. The van der Waals surface area contributed by atoms with Gasteiger partial charge in [0, 0.05) is 32.6 Å². The number of rotatable bonds is 7. The molecule has 3 rings (SSSR count). The zero-order valence-electron chi connectivity index (χ0n) is 15.3. The largest absolute Gasteiger partial charge is 0.497 e. The van der Waals surface area contributed by atoms with Crippen molar-refractivity contribution < 1.29 is 14.4 Å². The molecule has 1 aromatic carbocycles. The highest BCUT2D eigenvalue weighted by atomic mass is 16.7. The van der Waals surface area contributed by atoms with Gasteiger partial charge in [-0.3, -0.25) is 9.63 Å². The second kappa shape index (κ2) is 9.20. The Hall–Kier alpha value is -1.59. The van der Waals surface area contributed by atoms with Gasteiger partial charge in [0.1, 0.15) is 5.75 Å². The van der Waals surface area contributed by atoms with Gasteiger partial charge in [0.15, 0.2) is 0 Å². The highest BCUT2D eigenvalue weighted by molar-refractivity contribution is 5.76. The van der Waals surface area contributed by atoms with Gasteiger partial charge in [-0.05, 0) is 55.7 Å². The molecule has 0 radical (unpaired) electrons. The average molecular weight is 346 g/mol. The molecule has 0 aliphatic carbocycles. The van der Waals surface area contributed by atoms with Gasteiger partial charge in [0.25, 0.3) is 0 Å². The minimum Gasteiger partial charge on any atom is -0.497 e. The molecule has 0 aromatic heterocycles. The van der Waals surface area contributed by atoms with Crippen molar-refractivity contribution in [3.8, 4) is 5.75 Å². The molecule has 0 saturated carbocycles. The van der Waals surface area contributed by atoms with Crippen molar-refractivity contribution in [2.45, 2.75) is 38.5 Å². The molecule has 2 fully saturated rings. The molecule has 5 heteroatoms. The lowest BCUT2D eigenvalue weighted by Crippen LogP contribution is -2.41. The van der Waals surface area contributed by atoms with Crippen LogP contribution < -0.4 is 4.74 Å². The second-order valence-electron chi connectivity index (χ2n) is 7.10. The molecule has 2 aliphatic heterocycles. The van der Waals surface area contributed by atoms with Crippen LogP contribution in [-0.4, -0.2) is 55.8 Å². The SMILES string of the molecule is COc1cccc(CC[C@H]2CCCN(C(=O)CCN3CCCO3)C2)c1. The van der Waals surface area contributed by atoms with Crippen LogP contribution in [0.3, 0.4) is 0 Å². The fourth-order valence-electron chi connectivity index (χ4n) is 3.78. The summed E-state index contributed by atoms with van der Waals surface area (Å²) in [5, 5.41) is 1.93. The van der Waals surface area contributed by atoms with Crippen molar-refractivity contribution >= 4 is 5.91 Å². The number of hydroxylamine groups is 2. The number of nitrogens with zero attached hydrogens (tertiary/aromatic N) is 2. The van der Waals surface area contributed by atoms with E-state index in [0.717, 1.165) is 64.2 Å². The van der Waals surface area contributed by atoms with Crippen LogP contribution in [0.4, 0.5) is 0 Å². The normalized spacial score (nSPS) is 21.5. The summed E-state index contributed by atoms with van der Waals surface area (Å²) in [5.41, 5.74) is 1.31. The van der Waals surface area contributed by atoms with E-state index < -0.39 is 0 Å². The molecule has 2 heterocycles. The minimum atomic E-state index is 0.279. The van der Waals surface area contributed by atoms with Gasteiger partial charge >= 0.3 is 0 Å². The van der Waals surface area contributed by atoms with Crippen molar-refractivity contribution in [3.05, 3.63) is 29.8 Å². The number of piperidine rings is 1. The molecule has 0 N–H and O–H groups in total. The zero-order valence-corrected chi connectivity index (χ0v) is 15.3. The number of likely N-dealkylation sites (tertiary alicyclic amines) is 1. The molecule has 1 amide bonds. The Morgan fingerprint density at radius 2 is 2.24 bits per heavy atom. The minimum absolute atomic E-state index is 0.279. The zero-order chi connectivity index (χ0) is 17.5. The summed E-state index contributed by atoms with van der Waals surface area (Å²) in [5.74, 6) is 1.80. The van der Waals surface area contributed by atoms with E-state index in [4.69, 9.17) is 9.57 Å². The summed E-state index contributed by atoms with van der Waals surface area (Å²) in [7, 11) is 1.71. The third kappa shape index (κ3) is 5.44. The maximum atomic E-state index is 12.5. The monoisotopic (exact) mass is 346 g/mol. The summed E-state index contributed by atoms with van der Waals surface area (Å²) in [4.78, 5) is 20.0. The third-order valence-electron chi connectivity index (χ3n) is 5.25. The van der Waals surface area contributed by atoms with E-state index in [1.807, 2.05) is 17.2 Å². The Morgan fingerprint density at radius 1 is 1.32 bits per heavy atom. The fourth-order valence-corrected chi connectivity index (χ4v) is 3.78. The van der Waals surface area contributed by atoms with Crippen LogP contribution in [0.25, 0.3) is 0 Å². The van der Waals surface area contributed by atoms with E-state index in [0.29, 0.717) is 12.3 Å². The van der Waals surface area contributed by atoms with Gasteiger partial charge < -0.3 is 9.64 Å².